The van der Waals surface area contributed by atoms with Crippen LogP contribution in [0.4, 0.5) is 4.79 Å². The van der Waals surface area contributed by atoms with Crippen LogP contribution in [-0.2, 0) is 19.1 Å². The van der Waals surface area contributed by atoms with Gasteiger partial charge < -0.3 is 25.4 Å². The van der Waals surface area contributed by atoms with Crippen LogP contribution in [0.15, 0.2) is 48.5 Å². The minimum Gasteiger partial charge on any atom is -0.461 e. The quantitative estimate of drug-likeness (QED) is 0.315. The molecule has 2 aromatic rings. The Morgan fingerprint density at radius 2 is 1.68 bits per heavy atom. The lowest BCUT2D eigenvalue weighted by Gasteiger charge is -2.21. The predicted molar refractivity (Wildman–Crippen MR) is 141 cm³/mol. The number of ether oxygens (including phenoxy) is 2. The number of unbranched alkanes of at least 4 members (excludes halogenated alkanes) is 1. The first kappa shape index (κ1) is 26.7. The highest BCUT2D eigenvalue weighted by atomic mass is 16.5. The maximum Gasteiger partial charge on any atom is 0.407 e. The minimum absolute atomic E-state index is 0.0175. The Hall–Kier alpha value is -3.39. The zero-order valence-electron chi connectivity index (χ0n) is 21.6. The van der Waals surface area contributed by atoms with Crippen molar-refractivity contribution in [3.8, 4) is 11.1 Å². The zero-order valence-corrected chi connectivity index (χ0v) is 21.6. The monoisotopic (exact) mass is 507 g/mol. The molecule has 0 bridgehead atoms. The van der Waals surface area contributed by atoms with Gasteiger partial charge in [0, 0.05) is 12.5 Å². The van der Waals surface area contributed by atoms with Gasteiger partial charge in [-0.1, -0.05) is 48.5 Å². The molecule has 3 N–H and O–H groups in total. The van der Waals surface area contributed by atoms with E-state index in [1.54, 1.807) is 13.8 Å². The Kier molecular flexibility index (Phi) is 9.17. The molecule has 0 spiro atoms. The van der Waals surface area contributed by atoms with Gasteiger partial charge in [-0.25, -0.2) is 9.59 Å². The van der Waals surface area contributed by atoms with Crippen molar-refractivity contribution >= 4 is 18.0 Å². The van der Waals surface area contributed by atoms with Crippen LogP contribution < -0.4 is 16.0 Å². The van der Waals surface area contributed by atoms with Gasteiger partial charge in [0.15, 0.2) is 0 Å². The second kappa shape index (κ2) is 12.7. The third kappa shape index (κ3) is 6.89. The Balaban J connectivity index is 1.20. The van der Waals surface area contributed by atoms with E-state index in [-0.39, 0.29) is 30.6 Å². The van der Waals surface area contributed by atoms with Crippen molar-refractivity contribution in [3.05, 3.63) is 59.7 Å². The number of rotatable bonds is 11. The summed E-state index contributed by atoms with van der Waals surface area (Å²) in [6.07, 6.45) is 2.72. The molecule has 2 aromatic carbocycles. The second-order valence-corrected chi connectivity index (χ2v) is 9.94. The van der Waals surface area contributed by atoms with Crippen LogP contribution in [0.2, 0.25) is 0 Å². The summed E-state index contributed by atoms with van der Waals surface area (Å²) in [5.74, 6) is -0.574. The predicted octanol–water partition coefficient (Wildman–Crippen LogP) is 3.88. The van der Waals surface area contributed by atoms with Crippen LogP contribution in [0.3, 0.4) is 0 Å². The number of esters is 1. The van der Waals surface area contributed by atoms with E-state index in [0.29, 0.717) is 25.8 Å². The van der Waals surface area contributed by atoms with Gasteiger partial charge in [-0.05, 0) is 74.8 Å². The molecule has 2 aliphatic rings. The minimum atomic E-state index is -0.702. The first-order valence-corrected chi connectivity index (χ1v) is 13.3. The maximum absolute atomic E-state index is 12.5. The number of carbonyl (C=O) groups is 3. The molecule has 8 nitrogen and oxygen atoms in total. The lowest BCUT2D eigenvalue weighted by molar-refractivity contribution is -0.151. The first-order valence-electron chi connectivity index (χ1n) is 13.3. The third-order valence-electron chi connectivity index (χ3n) is 6.86. The number of alkyl carbamates (subject to hydrolysis) is 1. The molecular weight excluding hydrogens is 470 g/mol. The van der Waals surface area contributed by atoms with Crippen LogP contribution in [0.5, 0.6) is 0 Å². The molecule has 1 aliphatic carbocycles. The van der Waals surface area contributed by atoms with Gasteiger partial charge in [-0.3, -0.25) is 4.79 Å². The molecule has 0 radical (unpaired) electrons. The van der Waals surface area contributed by atoms with Gasteiger partial charge in [-0.15, -0.1) is 0 Å². The largest absolute Gasteiger partial charge is 0.461 e. The fourth-order valence-electron chi connectivity index (χ4n) is 5.06. The molecule has 2 amide bonds. The van der Waals surface area contributed by atoms with Crippen LogP contribution in [0, 0.1) is 0 Å². The normalized spacial score (nSPS) is 17.1. The summed E-state index contributed by atoms with van der Waals surface area (Å²) < 4.78 is 10.9. The summed E-state index contributed by atoms with van der Waals surface area (Å²) in [6, 6.07) is 15.5. The summed E-state index contributed by atoms with van der Waals surface area (Å²) in [7, 11) is 0. The summed E-state index contributed by atoms with van der Waals surface area (Å²) in [5, 5.41) is 8.79. The molecule has 0 saturated carbocycles. The molecule has 198 valence electrons. The molecule has 0 unspecified atom stereocenters. The van der Waals surface area contributed by atoms with E-state index in [1.165, 1.54) is 22.3 Å². The molecule has 1 fully saturated rings. The summed E-state index contributed by atoms with van der Waals surface area (Å²) >= 11 is 0. The van der Waals surface area contributed by atoms with Crippen molar-refractivity contribution in [3.63, 3.8) is 0 Å². The highest BCUT2D eigenvalue weighted by Gasteiger charge is 2.30. The average Bonchev–Trinajstić information content (AvgIpc) is 3.53. The molecular formula is C29H37N3O5. The van der Waals surface area contributed by atoms with Crippen molar-refractivity contribution in [2.75, 3.05) is 19.7 Å². The highest BCUT2D eigenvalue weighted by molar-refractivity contribution is 5.87. The Bertz CT molecular complexity index is 1050. The average molecular weight is 508 g/mol. The standard InChI is InChI=1S/C29H37N3O5/c1-19(2)37-28(34)26(32-27(33)25-15-9-17-30-25)14-7-8-16-31-29(35)36-18-24-22-12-5-3-10-20(22)21-11-4-6-13-23(21)24/h3-6,10-13,19,24-26,30H,7-9,14-18H2,1-2H3,(H,31,35)(H,32,33)/t25-,26+/m0/s1. The Morgan fingerprint density at radius 3 is 2.30 bits per heavy atom. The molecule has 2 atom stereocenters. The van der Waals surface area contributed by atoms with E-state index in [9.17, 15) is 14.4 Å². The van der Waals surface area contributed by atoms with Crippen LogP contribution in [0.1, 0.15) is 63.0 Å². The van der Waals surface area contributed by atoms with Gasteiger partial charge >= 0.3 is 12.1 Å². The Labute approximate surface area is 218 Å². The topological polar surface area (TPSA) is 106 Å². The third-order valence-corrected chi connectivity index (χ3v) is 6.86. The van der Waals surface area contributed by atoms with E-state index >= 15 is 0 Å². The molecule has 1 heterocycles. The van der Waals surface area contributed by atoms with Gasteiger partial charge in [0.25, 0.3) is 0 Å². The fraction of sp³-hybridized carbons (Fsp3) is 0.483. The summed E-state index contributed by atoms with van der Waals surface area (Å²) in [4.78, 5) is 37.4. The van der Waals surface area contributed by atoms with Gasteiger partial charge in [0.2, 0.25) is 5.91 Å². The molecule has 37 heavy (non-hydrogen) atoms. The van der Waals surface area contributed by atoms with Crippen molar-refractivity contribution in [2.24, 2.45) is 0 Å². The van der Waals surface area contributed by atoms with E-state index in [4.69, 9.17) is 9.47 Å². The number of fused-ring (bicyclic) bond motifs is 3. The number of carbonyl (C=O) groups excluding carboxylic acids is 3. The SMILES string of the molecule is CC(C)OC(=O)[C@@H](CCCCNC(=O)OCC1c2ccccc2-c2ccccc21)NC(=O)[C@@H]1CCCN1. The van der Waals surface area contributed by atoms with Crippen molar-refractivity contribution in [1.82, 2.24) is 16.0 Å². The molecule has 1 aliphatic heterocycles. The number of hydrogen-bond donors (Lipinski definition) is 3. The van der Waals surface area contributed by atoms with Crippen molar-refractivity contribution in [2.45, 2.75) is 70.1 Å². The summed E-state index contributed by atoms with van der Waals surface area (Å²) in [5.41, 5.74) is 4.72. The molecule has 0 aromatic heterocycles. The van der Waals surface area contributed by atoms with E-state index in [0.717, 1.165) is 19.4 Å². The van der Waals surface area contributed by atoms with Gasteiger partial charge in [0.05, 0.1) is 12.1 Å². The van der Waals surface area contributed by atoms with E-state index in [1.807, 2.05) is 24.3 Å². The fourth-order valence-corrected chi connectivity index (χ4v) is 5.06. The van der Waals surface area contributed by atoms with Gasteiger partial charge in [0.1, 0.15) is 12.6 Å². The lowest BCUT2D eigenvalue weighted by atomic mass is 9.98. The van der Waals surface area contributed by atoms with Crippen LogP contribution in [0.25, 0.3) is 11.1 Å². The Morgan fingerprint density at radius 1 is 1.00 bits per heavy atom. The van der Waals surface area contributed by atoms with Crippen LogP contribution >= 0.6 is 0 Å². The number of nitrogens with one attached hydrogen (secondary N) is 3. The van der Waals surface area contributed by atoms with Crippen LogP contribution in [-0.4, -0.2) is 55.9 Å². The molecule has 1 saturated heterocycles. The first-order chi connectivity index (χ1) is 17.9. The lowest BCUT2D eigenvalue weighted by Crippen LogP contribution is -2.49. The molecule has 8 heteroatoms. The number of amides is 2. The van der Waals surface area contributed by atoms with Crippen molar-refractivity contribution < 1.29 is 23.9 Å². The molecule has 4 rings (SSSR count). The number of benzene rings is 2. The van der Waals surface area contributed by atoms with Crippen molar-refractivity contribution in [1.29, 1.82) is 0 Å². The zero-order chi connectivity index (χ0) is 26.2. The highest BCUT2D eigenvalue weighted by Crippen LogP contribution is 2.44. The van der Waals surface area contributed by atoms with E-state index in [2.05, 4.69) is 40.2 Å². The van der Waals surface area contributed by atoms with Gasteiger partial charge in [-0.2, -0.15) is 0 Å². The maximum atomic E-state index is 12.5. The second-order valence-electron chi connectivity index (χ2n) is 9.94. The number of hydrogen-bond acceptors (Lipinski definition) is 6. The summed E-state index contributed by atoms with van der Waals surface area (Å²) in [6.45, 7) is 5.06. The van der Waals surface area contributed by atoms with E-state index < -0.39 is 18.1 Å². The smallest absolute Gasteiger partial charge is 0.407 e.